The van der Waals surface area contributed by atoms with Crippen LogP contribution in [0.4, 0.5) is 0 Å². The number of rotatable bonds is 6. The molecule has 0 aliphatic rings. The number of carbonyl (C=O) groups excluding carboxylic acids is 4. The van der Waals surface area contributed by atoms with Crippen LogP contribution < -0.4 is 0 Å². The molecule has 0 aliphatic carbocycles. The van der Waals surface area contributed by atoms with Crippen LogP contribution in [0.15, 0.2) is 12.2 Å². The number of carbonyl (C=O) groups is 4. The van der Waals surface area contributed by atoms with E-state index in [0.717, 1.165) is 13.8 Å². The normalized spacial score (nSPS) is 10.2. The van der Waals surface area contributed by atoms with E-state index in [2.05, 4.69) is 11.3 Å². The van der Waals surface area contributed by atoms with Crippen LogP contribution in [0, 0.1) is 0 Å². The van der Waals surface area contributed by atoms with E-state index < -0.39 is 39.3 Å². The molecule has 0 saturated heterocycles. The average Bonchev–Trinajstić information content (AvgIpc) is 2.22. The third-order valence-corrected chi connectivity index (χ3v) is 3.54. The van der Waals surface area contributed by atoms with Crippen molar-refractivity contribution in [1.29, 1.82) is 0 Å². The van der Waals surface area contributed by atoms with Crippen molar-refractivity contribution in [3.8, 4) is 0 Å². The summed E-state index contributed by atoms with van der Waals surface area (Å²) in [5.41, 5.74) is 0.109. The largest absolute Gasteiger partial charge is 0.701 e. The fourth-order valence-electron chi connectivity index (χ4n) is 1.07. The van der Waals surface area contributed by atoms with Crippen molar-refractivity contribution in [1.82, 2.24) is 0 Å². The summed E-state index contributed by atoms with van der Waals surface area (Å²) >= 11 is 0. The Morgan fingerprint density at radius 3 is 1.75 bits per heavy atom. The summed E-state index contributed by atoms with van der Waals surface area (Å²) < 4.78 is 18.8. The molecule has 0 N–H and O–H groups in total. The molecule has 8 nitrogen and oxygen atoms in total. The minimum absolute atomic E-state index is 0.109. The van der Waals surface area contributed by atoms with Crippen LogP contribution in [0.1, 0.15) is 20.8 Å². The van der Waals surface area contributed by atoms with Crippen LogP contribution in [0.2, 0.25) is 6.55 Å². The maximum atomic E-state index is 11.5. The maximum Gasteiger partial charge on any atom is 0.701 e. The topological polar surface area (TPSA) is 105 Å². The van der Waals surface area contributed by atoms with Gasteiger partial charge in [-0.05, 0) is 6.92 Å². The van der Waals surface area contributed by atoms with E-state index in [1.165, 1.54) is 13.5 Å². The molecular formula is C11H16O8Si. The predicted octanol–water partition coefficient (Wildman–Crippen LogP) is 0.344. The fourth-order valence-corrected chi connectivity index (χ4v) is 2.71. The number of ether oxygens (including phenoxy) is 1. The molecule has 0 aromatic rings. The summed E-state index contributed by atoms with van der Waals surface area (Å²) in [6.45, 7) is 7.36. The second-order valence-electron chi connectivity index (χ2n) is 3.88. The minimum Gasteiger partial charge on any atom is -0.455 e. The molecular weight excluding hydrogens is 288 g/mol. The molecule has 0 amide bonds. The smallest absolute Gasteiger partial charge is 0.455 e. The van der Waals surface area contributed by atoms with Crippen molar-refractivity contribution in [2.24, 2.45) is 0 Å². The fraction of sp³-hybridized carbons (Fsp3) is 0.455. The van der Waals surface area contributed by atoms with E-state index in [0.29, 0.717) is 0 Å². The Bertz CT molecular complexity index is 426. The quantitative estimate of drug-likeness (QED) is 0.393. The van der Waals surface area contributed by atoms with Gasteiger partial charge in [0.15, 0.2) is 6.61 Å². The standard InChI is InChI=1S/C11H16O8Si/c1-7(2)11(15)16-6-10(14)19-20(5,17-8(3)12)18-9(4)13/h1,6H2,2-5H3. The molecule has 0 aromatic heterocycles. The Kier molecular flexibility index (Phi) is 6.63. The van der Waals surface area contributed by atoms with E-state index in [1.54, 1.807) is 0 Å². The molecule has 0 radical (unpaired) electrons. The van der Waals surface area contributed by atoms with Gasteiger partial charge in [0.05, 0.1) is 0 Å². The Labute approximate surface area is 117 Å². The van der Waals surface area contributed by atoms with E-state index >= 15 is 0 Å². The molecule has 0 aliphatic heterocycles. The first-order chi connectivity index (χ1) is 9.05. The Hall–Kier alpha value is -2.16. The average molecular weight is 304 g/mol. The van der Waals surface area contributed by atoms with Gasteiger partial charge >= 0.3 is 20.7 Å². The maximum absolute atomic E-state index is 11.5. The second-order valence-corrected chi connectivity index (χ2v) is 6.22. The van der Waals surface area contributed by atoms with Crippen molar-refractivity contribution >= 4 is 32.7 Å². The zero-order valence-corrected chi connectivity index (χ0v) is 12.7. The molecule has 0 bridgehead atoms. The first-order valence-corrected chi connectivity index (χ1v) is 7.72. The van der Waals surface area contributed by atoms with Gasteiger partial charge in [-0.25, -0.2) is 9.59 Å². The number of hydrogen-bond acceptors (Lipinski definition) is 8. The number of hydrogen-bond donors (Lipinski definition) is 0. The highest BCUT2D eigenvalue weighted by atomic mass is 28.4. The first kappa shape index (κ1) is 17.8. The van der Waals surface area contributed by atoms with Gasteiger partial charge in [0, 0.05) is 26.0 Å². The molecule has 0 saturated carbocycles. The van der Waals surface area contributed by atoms with Gasteiger partial charge in [-0.1, -0.05) is 6.58 Å². The molecule has 0 spiro atoms. The predicted molar refractivity (Wildman–Crippen MR) is 67.0 cm³/mol. The van der Waals surface area contributed by atoms with E-state index in [-0.39, 0.29) is 5.57 Å². The van der Waals surface area contributed by atoms with Crippen molar-refractivity contribution in [2.75, 3.05) is 6.61 Å². The van der Waals surface area contributed by atoms with Crippen LogP contribution in [-0.4, -0.2) is 39.3 Å². The monoisotopic (exact) mass is 304 g/mol. The van der Waals surface area contributed by atoms with Gasteiger partial charge in [-0.15, -0.1) is 0 Å². The third kappa shape index (κ3) is 7.31. The Balaban J connectivity index is 4.61. The summed E-state index contributed by atoms with van der Waals surface area (Å²) in [5.74, 6) is -3.32. The van der Waals surface area contributed by atoms with Gasteiger partial charge in [0.25, 0.3) is 11.9 Å². The lowest BCUT2D eigenvalue weighted by Gasteiger charge is -2.22. The number of esters is 1. The van der Waals surface area contributed by atoms with E-state index in [1.807, 2.05) is 0 Å². The van der Waals surface area contributed by atoms with Gasteiger partial charge in [0.1, 0.15) is 0 Å². The van der Waals surface area contributed by atoms with Gasteiger partial charge in [-0.3, -0.25) is 9.59 Å². The van der Waals surface area contributed by atoms with Crippen LogP contribution in [0.5, 0.6) is 0 Å². The summed E-state index contributed by atoms with van der Waals surface area (Å²) in [6, 6.07) is 0. The molecule has 0 fully saturated rings. The van der Waals surface area contributed by atoms with Crippen molar-refractivity contribution in [2.45, 2.75) is 27.3 Å². The summed E-state index contributed by atoms with van der Waals surface area (Å²) in [5, 5.41) is 0. The van der Waals surface area contributed by atoms with Crippen LogP contribution in [0.25, 0.3) is 0 Å². The molecule has 0 atom stereocenters. The van der Waals surface area contributed by atoms with Gasteiger partial charge < -0.3 is 18.0 Å². The highest BCUT2D eigenvalue weighted by molar-refractivity contribution is 6.64. The summed E-state index contributed by atoms with van der Waals surface area (Å²) in [6.07, 6.45) is 0. The van der Waals surface area contributed by atoms with Crippen LogP contribution in [0.3, 0.4) is 0 Å². The van der Waals surface area contributed by atoms with Gasteiger partial charge in [0.2, 0.25) is 0 Å². The van der Waals surface area contributed by atoms with E-state index in [9.17, 15) is 19.2 Å². The molecule has 0 heterocycles. The lowest BCUT2D eigenvalue weighted by Crippen LogP contribution is -2.47. The van der Waals surface area contributed by atoms with Crippen LogP contribution in [-0.2, 0) is 37.2 Å². The molecule has 20 heavy (non-hydrogen) atoms. The zero-order valence-electron chi connectivity index (χ0n) is 11.7. The second kappa shape index (κ2) is 7.43. The highest BCUT2D eigenvalue weighted by Gasteiger charge is 2.46. The molecule has 9 heteroatoms. The van der Waals surface area contributed by atoms with Crippen LogP contribution >= 0.6 is 0 Å². The molecule has 0 aromatic carbocycles. The highest BCUT2D eigenvalue weighted by Crippen LogP contribution is 2.11. The molecule has 0 rings (SSSR count). The molecule has 0 unspecified atom stereocenters. The van der Waals surface area contributed by atoms with Crippen molar-refractivity contribution in [3.05, 3.63) is 12.2 Å². The van der Waals surface area contributed by atoms with E-state index in [4.69, 9.17) is 13.3 Å². The third-order valence-electron chi connectivity index (χ3n) is 1.63. The zero-order chi connectivity index (χ0) is 15.9. The SMILES string of the molecule is C=C(C)C(=O)OCC(=O)O[Si](C)(OC(C)=O)OC(C)=O. The molecule has 112 valence electrons. The lowest BCUT2D eigenvalue weighted by molar-refractivity contribution is -0.156. The van der Waals surface area contributed by atoms with Crippen molar-refractivity contribution < 1.29 is 37.2 Å². The first-order valence-electron chi connectivity index (χ1n) is 5.49. The van der Waals surface area contributed by atoms with Gasteiger partial charge in [-0.2, -0.15) is 0 Å². The minimum atomic E-state index is -3.80. The summed E-state index contributed by atoms with van der Waals surface area (Å²) in [4.78, 5) is 44.4. The summed E-state index contributed by atoms with van der Waals surface area (Å²) in [7, 11) is -3.80. The Morgan fingerprint density at radius 1 is 0.950 bits per heavy atom. The lowest BCUT2D eigenvalue weighted by atomic mass is 10.4. The Morgan fingerprint density at radius 2 is 1.40 bits per heavy atom. The van der Waals surface area contributed by atoms with Crippen molar-refractivity contribution in [3.63, 3.8) is 0 Å².